The molecule has 2 aliphatic rings. The maximum atomic E-state index is 9.70. The van der Waals surface area contributed by atoms with E-state index in [0.717, 1.165) is 72.2 Å². The third kappa shape index (κ3) is 8.28. The van der Waals surface area contributed by atoms with Gasteiger partial charge in [0.1, 0.15) is 13.2 Å². The summed E-state index contributed by atoms with van der Waals surface area (Å²) >= 11 is 13.9. The molecule has 266 valence electrons. The van der Waals surface area contributed by atoms with Crippen LogP contribution in [0.4, 0.5) is 0 Å². The first kappa shape index (κ1) is 36.2. The van der Waals surface area contributed by atoms with Gasteiger partial charge in [0.2, 0.25) is 23.5 Å². The number of aromatic nitrogens is 2. The predicted octanol–water partition coefficient (Wildman–Crippen LogP) is 6.54. The minimum absolute atomic E-state index is 0.148. The van der Waals surface area contributed by atoms with Gasteiger partial charge < -0.3 is 29.2 Å². The van der Waals surface area contributed by atoms with E-state index < -0.39 is 0 Å². The molecule has 2 N–H and O–H groups in total. The second kappa shape index (κ2) is 17.0. The summed E-state index contributed by atoms with van der Waals surface area (Å²) in [7, 11) is 3.19. The van der Waals surface area contributed by atoms with Gasteiger partial charge in [0, 0.05) is 70.7 Å². The lowest BCUT2D eigenvalue weighted by Crippen LogP contribution is -2.31. The summed E-state index contributed by atoms with van der Waals surface area (Å²) in [5, 5.41) is 20.5. The van der Waals surface area contributed by atoms with Gasteiger partial charge in [0.25, 0.3) is 0 Å². The van der Waals surface area contributed by atoms with Crippen molar-refractivity contribution in [3.05, 3.63) is 93.0 Å². The van der Waals surface area contributed by atoms with E-state index in [2.05, 4.69) is 19.8 Å². The summed E-state index contributed by atoms with van der Waals surface area (Å²) in [5.41, 5.74) is 5.00. The standard InChI is InChI=1S/C38H44Cl2N4O6/c1-47-37-25(19-43-17-5-9-29(43)21-45)13-15-33(41-37)49-23-27-7-3-11-31(35(27)39)32-12-4-8-28(36(32)40)24-50-34-16-14-26(38(42-34)48-2)20-44-18-6-10-30(44)22-46/h3-4,7-8,11-16,29-30,45-46H,5-6,9-10,17-24H2,1-2H3. The summed E-state index contributed by atoms with van der Waals surface area (Å²) in [6.07, 6.45) is 4.12. The lowest BCUT2D eigenvalue weighted by molar-refractivity contribution is 0.152. The number of pyridine rings is 2. The summed E-state index contributed by atoms with van der Waals surface area (Å²) in [5.74, 6) is 1.85. The average molecular weight is 724 g/mol. The molecule has 4 heterocycles. The molecule has 12 heteroatoms. The van der Waals surface area contributed by atoms with E-state index in [1.165, 1.54) is 0 Å². The van der Waals surface area contributed by atoms with Crippen LogP contribution in [0.3, 0.4) is 0 Å². The Kier molecular flexibility index (Phi) is 12.3. The molecule has 0 spiro atoms. The van der Waals surface area contributed by atoms with Crippen LogP contribution in [0.5, 0.6) is 23.5 Å². The Bertz CT molecular complexity index is 1630. The zero-order valence-corrected chi connectivity index (χ0v) is 30.0. The van der Waals surface area contributed by atoms with Crippen molar-refractivity contribution in [3.8, 4) is 34.6 Å². The Hall–Kier alpha value is -3.64. The van der Waals surface area contributed by atoms with Gasteiger partial charge in [0.15, 0.2) is 0 Å². The van der Waals surface area contributed by atoms with E-state index in [-0.39, 0.29) is 38.5 Å². The molecule has 2 aliphatic heterocycles. The molecule has 2 fully saturated rings. The lowest BCUT2D eigenvalue weighted by Gasteiger charge is -2.23. The van der Waals surface area contributed by atoms with Gasteiger partial charge in [-0.3, -0.25) is 9.80 Å². The number of aliphatic hydroxyl groups excluding tert-OH is 2. The zero-order valence-electron chi connectivity index (χ0n) is 28.5. The molecule has 0 saturated carbocycles. The second-order valence-electron chi connectivity index (χ2n) is 12.7. The van der Waals surface area contributed by atoms with Crippen molar-refractivity contribution < 1.29 is 29.2 Å². The molecule has 2 unspecified atom stereocenters. The Labute approximate surface area is 303 Å². The average Bonchev–Trinajstić information content (AvgIpc) is 3.80. The van der Waals surface area contributed by atoms with Crippen molar-refractivity contribution >= 4 is 23.2 Å². The number of aliphatic hydroxyl groups is 2. The van der Waals surface area contributed by atoms with Gasteiger partial charge in [-0.2, -0.15) is 9.97 Å². The first-order chi connectivity index (χ1) is 24.4. The lowest BCUT2D eigenvalue weighted by atomic mass is 10.0. The van der Waals surface area contributed by atoms with E-state index in [9.17, 15) is 10.2 Å². The van der Waals surface area contributed by atoms with Crippen LogP contribution in [-0.4, -0.2) is 82.6 Å². The number of nitrogens with zero attached hydrogens (tertiary/aromatic N) is 4. The SMILES string of the molecule is COc1nc(OCc2cccc(-c3cccc(COc4ccc(CN5CCCC5CO)c(OC)n4)c3Cl)c2Cl)ccc1CN1CCCC1CO. The molecule has 0 amide bonds. The van der Waals surface area contributed by atoms with Crippen molar-refractivity contribution in [3.63, 3.8) is 0 Å². The molecular weight excluding hydrogens is 679 g/mol. The normalized spacial score (nSPS) is 18.0. The molecule has 0 radical (unpaired) electrons. The fourth-order valence-electron chi connectivity index (χ4n) is 6.82. The molecule has 2 saturated heterocycles. The molecule has 2 aromatic carbocycles. The molecule has 10 nitrogen and oxygen atoms in total. The van der Waals surface area contributed by atoms with Gasteiger partial charge in [-0.1, -0.05) is 59.6 Å². The van der Waals surface area contributed by atoms with Crippen LogP contribution in [-0.2, 0) is 26.3 Å². The molecule has 0 bridgehead atoms. The highest BCUT2D eigenvalue weighted by Crippen LogP contribution is 2.38. The third-order valence-corrected chi connectivity index (χ3v) is 10.5. The van der Waals surface area contributed by atoms with Crippen molar-refractivity contribution in [2.24, 2.45) is 0 Å². The fraction of sp³-hybridized carbons (Fsp3) is 0.421. The highest BCUT2D eigenvalue weighted by atomic mass is 35.5. The summed E-state index contributed by atoms with van der Waals surface area (Å²) in [6, 6.07) is 19.4. The topological polar surface area (TPSA) is 110 Å². The molecule has 2 aromatic heterocycles. The van der Waals surface area contributed by atoms with Crippen LogP contribution in [0, 0.1) is 0 Å². The number of ether oxygens (including phenoxy) is 4. The Morgan fingerprint density at radius 2 is 1.08 bits per heavy atom. The van der Waals surface area contributed by atoms with Crippen molar-refractivity contribution in [1.82, 2.24) is 19.8 Å². The summed E-state index contributed by atoms with van der Waals surface area (Å²) in [6.45, 7) is 3.88. The second-order valence-corrected chi connectivity index (χ2v) is 13.4. The smallest absolute Gasteiger partial charge is 0.220 e. The minimum atomic E-state index is 0.148. The molecular formula is C38H44Cl2N4O6. The van der Waals surface area contributed by atoms with Crippen LogP contribution >= 0.6 is 23.2 Å². The van der Waals surface area contributed by atoms with E-state index in [0.29, 0.717) is 46.7 Å². The Morgan fingerprint density at radius 3 is 1.48 bits per heavy atom. The molecule has 2 atom stereocenters. The van der Waals surface area contributed by atoms with E-state index >= 15 is 0 Å². The quantitative estimate of drug-likeness (QED) is 0.140. The van der Waals surface area contributed by atoms with Gasteiger partial charge in [-0.25, -0.2) is 0 Å². The van der Waals surface area contributed by atoms with Crippen molar-refractivity contribution in [2.75, 3.05) is 40.5 Å². The van der Waals surface area contributed by atoms with Crippen molar-refractivity contribution in [1.29, 1.82) is 0 Å². The van der Waals surface area contributed by atoms with Crippen molar-refractivity contribution in [2.45, 2.75) is 64.1 Å². The molecule has 6 rings (SSSR count). The molecule has 0 aliphatic carbocycles. The Balaban J connectivity index is 1.11. The summed E-state index contributed by atoms with van der Waals surface area (Å²) < 4.78 is 23.3. The highest BCUT2D eigenvalue weighted by Gasteiger charge is 2.26. The van der Waals surface area contributed by atoms with Gasteiger partial charge in [-0.15, -0.1) is 0 Å². The van der Waals surface area contributed by atoms with Crippen LogP contribution in [0.2, 0.25) is 10.0 Å². The number of rotatable bonds is 15. The largest absolute Gasteiger partial charge is 0.481 e. The minimum Gasteiger partial charge on any atom is -0.481 e. The first-order valence-corrected chi connectivity index (χ1v) is 17.8. The van der Waals surface area contributed by atoms with E-state index in [1.807, 2.05) is 60.7 Å². The number of hydrogen-bond donors (Lipinski definition) is 2. The first-order valence-electron chi connectivity index (χ1n) is 17.0. The maximum Gasteiger partial charge on any atom is 0.220 e. The van der Waals surface area contributed by atoms with E-state index in [4.69, 9.17) is 42.1 Å². The number of methoxy groups -OCH3 is 2. The van der Waals surface area contributed by atoms with Crippen LogP contribution < -0.4 is 18.9 Å². The highest BCUT2D eigenvalue weighted by molar-refractivity contribution is 6.37. The number of halogens is 2. The number of hydrogen-bond acceptors (Lipinski definition) is 10. The van der Waals surface area contributed by atoms with Gasteiger partial charge in [0.05, 0.1) is 37.5 Å². The monoisotopic (exact) mass is 722 g/mol. The van der Waals surface area contributed by atoms with Gasteiger partial charge >= 0.3 is 0 Å². The summed E-state index contributed by atoms with van der Waals surface area (Å²) in [4.78, 5) is 13.7. The number of likely N-dealkylation sites (tertiary alicyclic amines) is 2. The molecule has 4 aromatic rings. The maximum absolute atomic E-state index is 9.70. The third-order valence-electron chi connectivity index (χ3n) is 9.58. The van der Waals surface area contributed by atoms with E-state index in [1.54, 1.807) is 14.2 Å². The number of benzene rings is 2. The fourth-order valence-corrected chi connectivity index (χ4v) is 7.38. The van der Waals surface area contributed by atoms with Gasteiger partial charge in [-0.05, 0) is 50.9 Å². The van der Waals surface area contributed by atoms with Crippen LogP contribution in [0.25, 0.3) is 11.1 Å². The van der Waals surface area contributed by atoms with Crippen LogP contribution in [0.1, 0.15) is 47.9 Å². The Morgan fingerprint density at radius 1 is 0.640 bits per heavy atom. The zero-order chi connectivity index (χ0) is 35.0. The predicted molar refractivity (Wildman–Crippen MR) is 193 cm³/mol. The molecule has 50 heavy (non-hydrogen) atoms. The van der Waals surface area contributed by atoms with Crippen LogP contribution in [0.15, 0.2) is 60.7 Å².